The van der Waals surface area contributed by atoms with Crippen molar-refractivity contribution >= 4 is 20.3 Å². The van der Waals surface area contributed by atoms with Crippen LogP contribution in [-0.2, 0) is 23.5 Å². The number of ether oxygens (including phenoxy) is 2. The number of esters is 2. The Kier molecular flexibility index (Phi) is 5.96. The van der Waals surface area contributed by atoms with E-state index in [1.807, 2.05) is 33.9 Å². The summed E-state index contributed by atoms with van der Waals surface area (Å²) in [4.78, 5) is 23.3. The summed E-state index contributed by atoms with van der Waals surface area (Å²) in [5.74, 6) is -1.31. The molecule has 110 valence electrons. The van der Waals surface area contributed by atoms with Crippen LogP contribution in [0.5, 0.6) is 0 Å². The SMILES string of the molecule is C=C(C(=O)OC)C(O[Si](C)(C)C(C)(C)C)C(=O)OC. The highest BCUT2D eigenvalue weighted by molar-refractivity contribution is 6.74. The lowest BCUT2D eigenvalue weighted by molar-refractivity contribution is -0.150. The molecule has 0 saturated heterocycles. The zero-order valence-corrected chi connectivity index (χ0v) is 13.8. The van der Waals surface area contributed by atoms with Gasteiger partial charge in [-0.05, 0) is 18.1 Å². The third kappa shape index (κ3) is 4.47. The molecule has 0 saturated carbocycles. The van der Waals surface area contributed by atoms with Crippen molar-refractivity contribution in [3.63, 3.8) is 0 Å². The first kappa shape index (κ1) is 17.9. The maximum atomic E-state index is 11.8. The molecule has 5 nitrogen and oxygen atoms in total. The van der Waals surface area contributed by atoms with Crippen LogP contribution in [0.4, 0.5) is 0 Å². The van der Waals surface area contributed by atoms with Crippen LogP contribution in [0.2, 0.25) is 18.1 Å². The Morgan fingerprint density at radius 2 is 1.58 bits per heavy atom. The van der Waals surface area contributed by atoms with Gasteiger partial charge < -0.3 is 13.9 Å². The lowest BCUT2D eigenvalue weighted by atomic mass is 10.2. The van der Waals surface area contributed by atoms with Gasteiger partial charge in [0, 0.05) is 0 Å². The van der Waals surface area contributed by atoms with Gasteiger partial charge in [0.15, 0.2) is 14.4 Å². The molecule has 0 aromatic rings. The molecule has 19 heavy (non-hydrogen) atoms. The van der Waals surface area contributed by atoms with Crippen molar-refractivity contribution in [2.45, 2.75) is 45.0 Å². The van der Waals surface area contributed by atoms with E-state index in [4.69, 9.17) is 4.43 Å². The standard InChI is InChI=1S/C13H24O5Si/c1-9(11(14)16-5)10(12(15)17-6)18-19(7,8)13(2,3)4/h10H,1H2,2-8H3. The van der Waals surface area contributed by atoms with Gasteiger partial charge in [-0.1, -0.05) is 27.4 Å². The Balaban J connectivity index is 5.26. The summed E-state index contributed by atoms with van der Waals surface area (Å²) in [6.45, 7) is 13.7. The molecule has 0 bridgehead atoms. The molecular formula is C13H24O5Si. The molecule has 0 spiro atoms. The van der Waals surface area contributed by atoms with Crippen LogP contribution in [0.25, 0.3) is 0 Å². The van der Waals surface area contributed by atoms with Gasteiger partial charge in [-0.15, -0.1) is 0 Å². The van der Waals surface area contributed by atoms with Crippen LogP contribution in [0.1, 0.15) is 20.8 Å². The molecule has 0 N–H and O–H groups in total. The summed E-state index contributed by atoms with van der Waals surface area (Å²) >= 11 is 0. The molecule has 0 aromatic heterocycles. The molecule has 0 heterocycles. The minimum Gasteiger partial charge on any atom is -0.467 e. The molecule has 0 aliphatic rings. The highest BCUT2D eigenvalue weighted by Gasteiger charge is 2.43. The van der Waals surface area contributed by atoms with E-state index in [2.05, 4.69) is 16.1 Å². The molecule has 0 aliphatic heterocycles. The van der Waals surface area contributed by atoms with Crippen LogP contribution in [0, 0.1) is 0 Å². The Labute approximate surface area is 116 Å². The fraction of sp³-hybridized carbons (Fsp3) is 0.692. The first-order valence-corrected chi connectivity index (χ1v) is 8.91. The smallest absolute Gasteiger partial charge is 0.338 e. The van der Waals surface area contributed by atoms with Crippen LogP contribution in [0.3, 0.4) is 0 Å². The number of methoxy groups -OCH3 is 2. The van der Waals surface area contributed by atoms with Crippen LogP contribution in [-0.4, -0.2) is 40.6 Å². The van der Waals surface area contributed by atoms with Crippen molar-refractivity contribution in [2.24, 2.45) is 0 Å². The van der Waals surface area contributed by atoms with Gasteiger partial charge in [0.2, 0.25) is 0 Å². The van der Waals surface area contributed by atoms with E-state index >= 15 is 0 Å². The van der Waals surface area contributed by atoms with E-state index in [1.54, 1.807) is 0 Å². The Hall–Kier alpha value is -1.14. The molecule has 6 heteroatoms. The van der Waals surface area contributed by atoms with Crippen molar-refractivity contribution in [1.82, 2.24) is 0 Å². The highest BCUT2D eigenvalue weighted by atomic mass is 28.4. The number of carbonyl (C=O) groups is 2. The Morgan fingerprint density at radius 3 is 1.89 bits per heavy atom. The van der Waals surface area contributed by atoms with Gasteiger partial charge in [0.1, 0.15) is 0 Å². The first-order valence-electron chi connectivity index (χ1n) is 6.00. The second-order valence-corrected chi connectivity index (χ2v) is 10.6. The molecule has 0 radical (unpaired) electrons. The maximum absolute atomic E-state index is 11.8. The highest BCUT2D eigenvalue weighted by Crippen LogP contribution is 2.38. The average molecular weight is 288 g/mol. The van der Waals surface area contributed by atoms with Gasteiger partial charge in [0.25, 0.3) is 0 Å². The molecule has 1 atom stereocenters. The molecule has 0 fully saturated rings. The molecule has 0 rings (SSSR count). The maximum Gasteiger partial charge on any atom is 0.338 e. The van der Waals surface area contributed by atoms with Gasteiger partial charge in [0.05, 0.1) is 19.8 Å². The Morgan fingerprint density at radius 1 is 1.11 bits per heavy atom. The van der Waals surface area contributed by atoms with Crippen LogP contribution < -0.4 is 0 Å². The molecule has 0 aromatic carbocycles. The molecular weight excluding hydrogens is 264 g/mol. The van der Waals surface area contributed by atoms with E-state index in [0.717, 1.165) is 0 Å². The number of carbonyl (C=O) groups excluding carboxylic acids is 2. The van der Waals surface area contributed by atoms with Crippen molar-refractivity contribution in [2.75, 3.05) is 14.2 Å². The van der Waals surface area contributed by atoms with E-state index in [1.165, 1.54) is 14.2 Å². The van der Waals surface area contributed by atoms with Crippen molar-refractivity contribution in [3.8, 4) is 0 Å². The van der Waals surface area contributed by atoms with Gasteiger partial charge in [-0.25, -0.2) is 9.59 Å². The summed E-state index contributed by atoms with van der Waals surface area (Å²) in [7, 11) is 0.237. The van der Waals surface area contributed by atoms with Gasteiger partial charge >= 0.3 is 11.9 Å². The Bertz CT molecular complexity index is 368. The second-order valence-electron chi connectivity index (χ2n) is 5.80. The van der Waals surface area contributed by atoms with E-state index in [0.29, 0.717) is 0 Å². The predicted molar refractivity (Wildman–Crippen MR) is 75.2 cm³/mol. The lowest BCUT2D eigenvalue weighted by Gasteiger charge is -2.38. The lowest BCUT2D eigenvalue weighted by Crippen LogP contribution is -2.47. The topological polar surface area (TPSA) is 61.8 Å². The van der Waals surface area contributed by atoms with Crippen LogP contribution in [0.15, 0.2) is 12.2 Å². The van der Waals surface area contributed by atoms with E-state index < -0.39 is 26.4 Å². The average Bonchev–Trinajstić information content (AvgIpc) is 2.31. The van der Waals surface area contributed by atoms with Crippen molar-refractivity contribution in [1.29, 1.82) is 0 Å². The molecule has 1 unspecified atom stereocenters. The summed E-state index contributed by atoms with van der Waals surface area (Å²) < 4.78 is 15.2. The number of rotatable bonds is 5. The zero-order chi connectivity index (χ0) is 15.4. The zero-order valence-electron chi connectivity index (χ0n) is 12.8. The summed E-state index contributed by atoms with van der Waals surface area (Å²) in [5.41, 5.74) is -0.0424. The fourth-order valence-corrected chi connectivity index (χ4v) is 2.26. The summed E-state index contributed by atoms with van der Waals surface area (Å²) in [5, 5.41) is -0.102. The fourth-order valence-electron chi connectivity index (χ4n) is 1.08. The van der Waals surface area contributed by atoms with Crippen molar-refractivity contribution < 1.29 is 23.5 Å². The minimum absolute atomic E-state index is 0.0424. The predicted octanol–water partition coefficient (Wildman–Crippen LogP) is 2.28. The monoisotopic (exact) mass is 288 g/mol. The number of hydrogen-bond acceptors (Lipinski definition) is 5. The van der Waals surface area contributed by atoms with Crippen molar-refractivity contribution in [3.05, 3.63) is 12.2 Å². The third-order valence-electron chi connectivity index (χ3n) is 3.40. The minimum atomic E-state index is -2.24. The summed E-state index contributed by atoms with van der Waals surface area (Å²) in [6.07, 6.45) is -1.11. The largest absolute Gasteiger partial charge is 0.467 e. The first-order chi connectivity index (χ1) is 8.47. The molecule has 0 amide bonds. The molecule has 0 aliphatic carbocycles. The summed E-state index contributed by atoms with van der Waals surface area (Å²) in [6, 6.07) is 0. The van der Waals surface area contributed by atoms with Gasteiger partial charge in [-0.3, -0.25) is 0 Å². The van der Waals surface area contributed by atoms with Gasteiger partial charge in [-0.2, -0.15) is 0 Å². The quantitative estimate of drug-likeness (QED) is 0.441. The second kappa shape index (κ2) is 6.34. The normalized spacial score (nSPS) is 13.6. The van der Waals surface area contributed by atoms with E-state index in [-0.39, 0.29) is 10.6 Å². The van der Waals surface area contributed by atoms with Crippen LogP contribution >= 0.6 is 0 Å². The number of hydrogen-bond donors (Lipinski definition) is 0. The van der Waals surface area contributed by atoms with E-state index in [9.17, 15) is 9.59 Å². The third-order valence-corrected chi connectivity index (χ3v) is 7.84.